The van der Waals surface area contributed by atoms with Crippen LogP contribution in [0.15, 0.2) is 17.5 Å². The lowest BCUT2D eigenvalue weighted by molar-refractivity contribution is -0.137. The summed E-state index contributed by atoms with van der Waals surface area (Å²) < 4.78 is 53.3. The summed E-state index contributed by atoms with van der Waals surface area (Å²) in [6.45, 7) is -1.17. The zero-order valence-corrected chi connectivity index (χ0v) is 12.5. The molecule has 0 radical (unpaired) electrons. The quantitative estimate of drug-likeness (QED) is 0.820. The van der Waals surface area contributed by atoms with Crippen LogP contribution in [0.25, 0.3) is 0 Å². The fourth-order valence-corrected chi connectivity index (χ4v) is 4.29. The molecule has 0 amide bonds. The van der Waals surface area contributed by atoms with Crippen LogP contribution in [0.5, 0.6) is 0 Å². The van der Waals surface area contributed by atoms with Gasteiger partial charge in [-0.3, -0.25) is 4.79 Å². The summed E-state index contributed by atoms with van der Waals surface area (Å²) in [6.07, 6.45) is -0.986. The summed E-state index contributed by atoms with van der Waals surface area (Å²) in [7, 11) is -4.16. The molecule has 0 aromatic carbocycles. The van der Waals surface area contributed by atoms with Crippen molar-refractivity contribution in [2.75, 3.05) is 13.1 Å². The normalized spacial score (nSPS) is 20.5. The predicted octanol–water partition coefficient (Wildman–Crippen LogP) is 1.44. The lowest BCUT2D eigenvalue weighted by Crippen LogP contribution is -2.42. The van der Waals surface area contributed by atoms with Crippen molar-refractivity contribution >= 4 is 27.5 Å². The third-order valence-electron chi connectivity index (χ3n) is 3.03. The largest absolute Gasteiger partial charge is 0.481 e. The molecule has 10 heteroatoms. The molecule has 1 aliphatic rings. The Labute approximate surface area is 124 Å². The van der Waals surface area contributed by atoms with Crippen LogP contribution in [0.1, 0.15) is 23.8 Å². The molecule has 6 nitrogen and oxygen atoms in total. The monoisotopic (exact) mass is 340 g/mol. The van der Waals surface area contributed by atoms with E-state index in [1.165, 1.54) is 11.3 Å². The van der Waals surface area contributed by atoms with Crippen molar-refractivity contribution in [2.45, 2.75) is 24.8 Å². The van der Waals surface area contributed by atoms with Crippen molar-refractivity contribution < 1.29 is 27.1 Å². The summed E-state index contributed by atoms with van der Waals surface area (Å²) >= 11 is 1.20. The van der Waals surface area contributed by atoms with Crippen LogP contribution in [0.3, 0.4) is 0 Å². The lowest BCUT2D eigenvalue weighted by Gasteiger charge is -2.21. The van der Waals surface area contributed by atoms with Crippen LogP contribution in [-0.2, 0) is 15.0 Å². The van der Waals surface area contributed by atoms with Crippen LogP contribution < -0.4 is 4.72 Å². The van der Waals surface area contributed by atoms with E-state index in [4.69, 9.17) is 5.11 Å². The third kappa shape index (κ3) is 4.19. The van der Waals surface area contributed by atoms with Crippen LogP contribution in [0.4, 0.5) is 8.78 Å². The van der Waals surface area contributed by atoms with Gasteiger partial charge in [0.25, 0.3) is 16.1 Å². The molecular weight excluding hydrogens is 326 g/mol. The van der Waals surface area contributed by atoms with E-state index < -0.39 is 47.5 Å². The zero-order chi connectivity index (χ0) is 15.7. The number of thiophene rings is 1. The van der Waals surface area contributed by atoms with Gasteiger partial charge in [-0.15, -0.1) is 11.3 Å². The fourth-order valence-electron chi connectivity index (χ4n) is 2.03. The Balaban J connectivity index is 2.14. The fraction of sp³-hybridized carbons (Fsp3) is 0.545. The van der Waals surface area contributed by atoms with Crippen molar-refractivity contribution in [3.8, 4) is 0 Å². The molecule has 21 heavy (non-hydrogen) atoms. The summed E-state index contributed by atoms with van der Waals surface area (Å²) in [5, 5.41) is 10.5. The second-order valence-electron chi connectivity index (χ2n) is 4.73. The van der Waals surface area contributed by atoms with Gasteiger partial charge >= 0.3 is 5.97 Å². The molecule has 0 bridgehead atoms. The maximum absolute atomic E-state index is 13.1. The number of halogens is 2. The number of hydrogen-bond acceptors (Lipinski definition) is 4. The summed E-state index contributed by atoms with van der Waals surface area (Å²) in [4.78, 5) is 11.4. The van der Waals surface area contributed by atoms with Crippen molar-refractivity contribution in [3.63, 3.8) is 0 Å². The number of carboxylic acid groups (broad SMARTS) is 1. The van der Waals surface area contributed by atoms with Gasteiger partial charge < -0.3 is 5.11 Å². The van der Waals surface area contributed by atoms with Gasteiger partial charge in [-0.05, 0) is 11.4 Å². The van der Waals surface area contributed by atoms with E-state index in [1.54, 1.807) is 17.5 Å². The minimum atomic E-state index is -4.16. The van der Waals surface area contributed by atoms with Crippen LogP contribution >= 0.6 is 11.3 Å². The van der Waals surface area contributed by atoms with Crippen molar-refractivity contribution in [1.29, 1.82) is 0 Å². The van der Waals surface area contributed by atoms with E-state index in [1.807, 2.05) is 0 Å². The Bertz CT molecular complexity index is 604. The SMILES string of the molecule is O=C(O)CC(NS(=O)(=O)N1CCC(F)(F)C1)c1cccs1. The average Bonchev–Trinajstić information content (AvgIpc) is 2.96. The molecule has 1 saturated heterocycles. The van der Waals surface area contributed by atoms with Crippen molar-refractivity contribution in [1.82, 2.24) is 9.03 Å². The molecule has 2 heterocycles. The molecule has 1 aliphatic heterocycles. The Hall–Kier alpha value is -1.10. The number of hydrogen-bond donors (Lipinski definition) is 2. The standard InChI is InChI=1S/C11H14F2N2O4S2/c12-11(13)3-4-15(7-11)21(18,19)14-8(6-10(16)17)9-2-1-5-20-9/h1-2,5,8,14H,3-4,6-7H2,(H,16,17). The van der Waals surface area contributed by atoms with Gasteiger partial charge in [0.05, 0.1) is 19.0 Å². The highest BCUT2D eigenvalue weighted by Crippen LogP contribution is 2.30. The Kier molecular flexibility index (Phi) is 4.61. The van der Waals surface area contributed by atoms with Crippen molar-refractivity contribution in [3.05, 3.63) is 22.4 Å². The first-order chi connectivity index (χ1) is 9.70. The summed E-state index contributed by atoms with van der Waals surface area (Å²) in [6, 6.07) is 2.29. The van der Waals surface area contributed by atoms with E-state index in [2.05, 4.69) is 4.72 Å². The van der Waals surface area contributed by atoms with E-state index in [9.17, 15) is 22.0 Å². The molecule has 1 fully saturated rings. The number of carbonyl (C=O) groups is 1. The number of carboxylic acids is 1. The number of aliphatic carboxylic acids is 1. The summed E-state index contributed by atoms with van der Waals surface area (Å²) in [5.41, 5.74) is 0. The maximum atomic E-state index is 13.1. The van der Waals surface area contributed by atoms with Crippen LogP contribution in [-0.4, -0.2) is 42.8 Å². The van der Waals surface area contributed by atoms with Crippen molar-refractivity contribution in [2.24, 2.45) is 0 Å². The highest BCUT2D eigenvalue weighted by atomic mass is 32.2. The molecule has 1 atom stereocenters. The molecule has 1 unspecified atom stereocenters. The smallest absolute Gasteiger partial charge is 0.305 e. The minimum absolute atomic E-state index is 0.285. The number of rotatable bonds is 6. The highest BCUT2D eigenvalue weighted by Gasteiger charge is 2.43. The first-order valence-electron chi connectivity index (χ1n) is 6.10. The molecule has 0 spiro atoms. The van der Waals surface area contributed by atoms with E-state index in [0.29, 0.717) is 9.18 Å². The molecule has 2 N–H and O–H groups in total. The average molecular weight is 340 g/mol. The second-order valence-corrected chi connectivity index (χ2v) is 7.41. The van der Waals surface area contributed by atoms with E-state index in [0.717, 1.165) is 0 Å². The molecule has 118 valence electrons. The number of alkyl halides is 2. The van der Waals surface area contributed by atoms with E-state index >= 15 is 0 Å². The predicted molar refractivity (Wildman–Crippen MR) is 72.5 cm³/mol. The van der Waals surface area contributed by atoms with E-state index in [-0.39, 0.29) is 6.54 Å². The minimum Gasteiger partial charge on any atom is -0.481 e. The zero-order valence-electron chi connectivity index (χ0n) is 10.8. The van der Waals surface area contributed by atoms with Gasteiger partial charge in [0, 0.05) is 17.8 Å². The van der Waals surface area contributed by atoms with Gasteiger partial charge in [-0.25, -0.2) is 8.78 Å². The third-order valence-corrected chi connectivity index (χ3v) is 5.59. The first-order valence-corrected chi connectivity index (χ1v) is 8.42. The van der Waals surface area contributed by atoms with Gasteiger partial charge in [-0.1, -0.05) is 6.07 Å². The highest BCUT2D eigenvalue weighted by molar-refractivity contribution is 7.87. The van der Waals surface area contributed by atoms with Crippen LogP contribution in [0, 0.1) is 0 Å². The lowest BCUT2D eigenvalue weighted by atomic mass is 10.2. The van der Waals surface area contributed by atoms with Gasteiger partial charge in [0.15, 0.2) is 0 Å². The van der Waals surface area contributed by atoms with Gasteiger partial charge in [0.2, 0.25) is 0 Å². The van der Waals surface area contributed by atoms with Gasteiger partial charge in [-0.2, -0.15) is 17.4 Å². The molecule has 1 aromatic heterocycles. The Morgan fingerprint density at radius 1 is 1.57 bits per heavy atom. The first kappa shape index (κ1) is 16.3. The maximum Gasteiger partial charge on any atom is 0.305 e. The number of nitrogens with one attached hydrogen (secondary N) is 1. The molecule has 0 saturated carbocycles. The van der Waals surface area contributed by atoms with Gasteiger partial charge in [0.1, 0.15) is 0 Å². The van der Waals surface area contributed by atoms with Crippen LogP contribution in [0.2, 0.25) is 0 Å². The molecule has 1 aromatic rings. The molecule has 0 aliphatic carbocycles. The Morgan fingerprint density at radius 3 is 2.76 bits per heavy atom. The number of nitrogens with zero attached hydrogens (tertiary/aromatic N) is 1. The second kappa shape index (κ2) is 5.95. The Morgan fingerprint density at radius 2 is 2.29 bits per heavy atom. The summed E-state index contributed by atoms with van der Waals surface area (Å²) in [5.74, 6) is -4.22. The molecular formula is C11H14F2N2O4S2. The topological polar surface area (TPSA) is 86.7 Å². The molecule has 2 rings (SSSR count).